The molecule has 0 fully saturated rings. The molecule has 4 rings (SSSR count). The molecular weight excluding hydrogens is 440 g/mol. The maximum Gasteiger partial charge on any atom is 0.214 e. The Hall–Kier alpha value is -3.00. The van der Waals surface area contributed by atoms with Crippen molar-refractivity contribution in [2.45, 2.75) is 25.7 Å². The van der Waals surface area contributed by atoms with E-state index in [1.165, 1.54) is 28.2 Å². The maximum absolute atomic E-state index is 8.49. The van der Waals surface area contributed by atoms with Gasteiger partial charge in [0.25, 0.3) is 0 Å². The Morgan fingerprint density at radius 1 is 0.879 bits per heavy atom. The fourth-order valence-electron chi connectivity index (χ4n) is 4.15. The summed E-state index contributed by atoms with van der Waals surface area (Å²) in [5, 5.41) is 0. The molecule has 2 aliphatic rings. The first kappa shape index (κ1) is 24.6. The molecule has 2 aromatic rings. The number of hydrogen-bond acceptors (Lipinski definition) is 5. The second kappa shape index (κ2) is 10.3. The lowest BCUT2D eigenvalue weighted by molar-refractivity contribution is -2.00. The van der Waals surface area contributed by atoms with Gasteiger partial charge in [0.15, 0.2) is 12.4 Å². The lowest BCUT2D eigenvalue weighted by Gasteiger charge is -2.23. The highest BCUT2D eigenvalue weighted by Crippen LogP contribution is 2.46. The van der Waals surface area contributed by atoms with E-state index in [2.05, 4.69) is 128 Å². The van der Waals surface area contributed by atoms with Crippen LogP contribution in [-0.4, -0.2) is 17.8 Å². The fraction of sp³-hybridized carbons (Fsp3) is 0.192. The molecule has 6 nitrogen and oxygen atoms in total. The molecule has 2 aliphatic heterocycles. The van der Waals surface area contributed by atoms with E-state index < -0.39 is 10.2 Å². The molecule has 0 amide bonds. The third kappa shape index (κ3) is 6.28. The SMILES string of the molecule is CN1C(=CC=CC=CC=C[N+]2=CCc3ccccc32)C(C)(C)c2ccccc21.[O-][Cl+3]([O-])([O-])[O-]. The predicted molar refractivity (Wildman–Crippen MR) is 120 cm³/mol. The fourth-order valence-corrected chi connectivity index (χ4v) is 4.15. The van der Waals surface area contributed by atoms with Crippen molar-refractivity contribution in [3.8, 4) is 0 Å². The van der Waals surface area contributed by atoms with Gasteiger partial charge >= 0.3 is 0 Å². The number of likely N-dealkylation sites (N-methyl/N-ethyl adjacent to an activating group) is 1. The molecule has 2 heterocycles. The van der Waals surface area contributed by atoms with Gasteiger partial charge in [0.2, 0.25) is 5.69 Å². The minimum absolute atomic E-state index is 0.0261. The number of anilines is 1. The zero-order valence-electron chi connectivity index (χ0n) is 18.9. The molecule has 0 saturated carbocycles. The Morgan fingerprint density at radius 3 is 2.21 bits per heavy atom. The van der Waals surface area contributed by atoms with E-state index in [9.17, 15) is 0 Å². The van der Waals surface area contributed by atoms with Crippen LogP contribution in [0.3, 0.4) is 0 Å². The first-order valence-electron chi connectivity index (χ1n) is 10.5. The van der Waals surface area contributed by atoms with Gasteiger partial charge in [-0.3, -0.25) is 0 Å². The third-order valence-electron chi connectivity index (χ3n) is 5.66. The van der Waals surface area contributed by atoms with Crippen LogP contribution < -0.4 is 23.5 Å². The molecule has 33 heavy (non-hydrogen) atoms. The van der Waals surface area contributed by atoms with Crippen molar-refractivity contribution < 1.29 is 33.5 Å². The summed E-state index contributed by atoms with van der Waals surface area (Å²) in [6, 6.07) is 17.2. The molecule has 0 saturated heterocycles. The van der Waals surface area contributed by atoms with Crippen molar-refractivity contribution in [1.82, 2.24) is 0 Å². The van der Waals surface area contributed by atoms with Gasteiger partial charge in [-0.05, 0) is 17.7 Å². The van der Waals surface area contributed by atoms with Gasteiger partial charge < -0.3 is 4.90 Å². The zero-order valence-corrected chi connectivity index (χ0v) is 19.6. The summed E-state index contributed by atoms with van der Waals surface area (Å²) in [6.07, 6.45) is 18.0. The number of rotatable bonds is 4. The summed E-state index contributed by atoms with van der Waals surface area (Å²) in [5.41, 5.74) is 6.69. The van der Waals surface area contributed by atoms with Crippen molar-refractivity contribution in [1.29, 1.82) is 0 Å². The van der Waals surface area contributed by atoms with E-state index in [-0.39, 0.29) is 5.41 Å². The first-order chi connectivity index (χ1) is 15.6. The number of halogens is 1. The molecule has 0 aromatic heterocycles. The van der Waals surface area contributed by atoms with Gasteiger partial charge in [-0.1, -0.05) is 74.5 Å². The third-order valence-corrected chi connectivity index (χ3v) is 5.66. The summed E-state index contributed by atoms with van der Waals surface area (Å²) in [4.78, 5) is 2.30. The van der Waals surface area contributed by atoms with Gasteiger partial charge in [-0.2, -0.15) is 4.58 Å². The van der Waals surface area contributed by atoms with Crippen molar-refractivity contribution in [2.75, 3.05) is 11.9 Å². The summed E-state index contributed by atoms with van der Waals surface area (Å²) < 4.78 is 36.2. The molecular formula is C26H27ClN2O4. The summed E-state index contributed by atoms with van der Waals surface area (Å²) in [6.45, 7) is 4.58. The van der Waals surface area contributed by atoms with Gasteiger partial charge in [-0.25, -0.2) is 18.6 Å². The van der Waals surface area contributed by atoms with Gasteiger partial charge in [-0.15, -0.1) is 10.2 Å². The standard InChI is InChI=1S/C26H27N2.ClHO4/c1-26(2)22-14-9-11-16-24(22)27(3)25(26)17-7-5-4-6-12-19-28-20-18-21-13-8-10-15-23(21)28;2-1(3,4)5/h4-17,19-20H,18H2,1-3H3;(H,2,3,4,5)/q+1;/p-1. The van der Waals surface area contributed by atoms with E-state index >= 15 is 0 Å². The van der Waals surface area contributed by atoms with E-state index in [1.807, 2.05) is 0 Å². The van der Waals surface area contributed by atoms with Crippen LogP contribution in [0.25, 0.3) is 0 Å². The molecule has 0 aliphatic carbocycles. The van der Waals surface area contributed by atoms with Crippen LogP contribution in [0.2, 0.25) is 0 Å². The number of nitrogens with zero attached hydrogens (tertiary/aromatic N) is 2. The minimum Gasteiger partial charge on any atom is -0.347 e. The second-order valence-corrected chi connectivity index (χ2v) is 8.92. The molecule has 0 bridgehead atoms. The highest BCUT2D eigenvalue weighted by molar-refractivity contribution is 5.70. The molecule has 172 valence electrons. The van der Waals surface area contributed by atoms with Crippen LogP contribution in [0.4, 0.5) is 11.4 Å². The average molecular weight is 467 g/mol. The highest BCUT2D eigenvalue weighted by Gasteiger charge is 2.37. The Labute approximate surface area is 196 Å². The number of allylic oxidation sites excluding steroid dienone is 7. The molecule has 2 aromatic carbocycles. The molecule has 0 radical (unpaired) electrons. The first-order valence-corrected chi connectivity index (χ1v) is 11.7. The molecule has 0 unspecified atom stereocenters. The predicted octanol–water partition coefficient (Wildman–Crippen LogP) is 1.14. The monoisotopic (exact) mass is 466 g/mol. The Bertz CT molecular complexity index is 1130. The van der Waals surface area contributed by atoms with Crippen molar-refractivity contribution in [2.24, 2.45) is 0 Å². The van der Waals surface area contributed by atoms with Crippen molar-refractivity contribution >= 4 is 17.6 Å². The van der Waals surface area contributed by atoms with Crippen LogP contribution >= 0.6 is 0 Å². The molecule has 0 spiro atoms. The average Bonchev–Trinajstić information content (AvgIpc) is 3.24. The quantitative estimate of drug-likeness (QED) is 0.497. The molecule has 7 heteroatoms. The molecule has 0 N–H and O–H groups in total. The topological polar surface area (TPSA) is 98.5 Å². The van der Waals surface area contributed by atoms with Crippen LogP contribution in [-0.2, 0) is 11.8 Å². The second-order valence-electron chi connectivity index (χ2n) is 8.17. The van der Waals surface area contributed by atoms with Gasteiger partial charge in [0.05, 0.1) is 6.42 Å². The number of benzene rings is 2. The lowest BCUT2D eigenvalue weighted by Crippen LogP contribution is -2.68. The number of hydrogen-bond donors (Lipinski definition) is 0. The van der Waals surface area contributed by atoms with E-state index in [4.69, 9.17) is 18.6 Å². The van der Waals surface area contributed by atoms with Crippen LogP contribution in [0.15, 0.2) is 96.9 Å². The smallest absolute Gasteiger partial charge is 0.214 e. The number of para-hydroxylation sites is 2. The molecule has 0 atom stereocenters. The van der Waals surface area contributed by atoms with E-state index in [0.29, 0.717) is 0 Å². The maximum atomic E-state index is 8.49. The normalized spacial score (nSPS) is 18.1. The zero-order chi connectivity index (χ0) is 24.1. The Morgan fingerprint density at radius 2 is 1.48 bits per heavy atom. The summed E-state index contributed by atoms with van der Waals surface area (Å²) >= 11 is 0. The van der Waals surface area contributed by atoms with Crippen molar-refractivity contribution in [3.63, 3.8) is 0 Å². The highest BCUT2D eigenvalue weighted by atomic mass is 35.7. The summed E-state index contributed by atoms with van der Waals surface area (Å²) in [7, 11) is -2.80. The Kier molecular flexibility index (Phi) is 7.68. The van der Waals surface area contributed by atoms with Gasteiger partial charge in [0, 0.05) is 41.6 Å². The number of fused-ring (bicyclic) bond motifs is 2. The van der Waals surface area contributed by atoms with Crippen molar-refractivity contribution in [3.05, 3.63) is 108 Å². The van der Waals surface area contributed by atoms with Gasteiger partial charge in [0.1, 0.15) is 0 Å². The van der Waals surface area contributed by atoms with Crippen LogP contribution in [0, 0.1) is 10.2 Å². The van der Waals surface area contributed by atoms with Crippen LogP contribution in [0.1, 0.15) is 25.0 Å². The minimum atomic E-state index is -4.94. The Balaban J connectivity index is 0.000000555. The van der Waals surface area contributed by atoms with E-state index in [1.54, 1.807) is 0 Å². The largest absolute Gasteiger partial charge is 0.347 e. The summed E-state index contributed by atoms with van der Waals surface area (Å²) in [5.74, 6) is 0. The van der Waals surface area contributed by atoms with E-state index in [0.717, 1.165) is 6.42 Å². The van der Waals surface area contributed by atoms with Crippen LogP contribution in [0.5, 0.6) is 0 Å². The lowest BCUT2D eigenvalue weighted by atomic mass is 9.84.